The Morgan fingerprint density at radius 3 is 2.64 bits per heavy atom. The number of ether oxygens (including phenoxy) is 1. The number of rotatable bonds is 1. The molecule has 2 nitrogen and oxygen atoms in total. The maximum Gasteiger partial charge on any atom is 0.127 e. The summed E-state index contributed by atoms with van der Waals surface area (Å²) in [4.78, 5) is 0. The number of nitrogens with two attached hydrogens (primary N) is 1. The van der Waals surface area contributed by atoms with E-state index in [4.69, 9.17) is 10.5 Å². The first kappa shape index (κ1) is 16.0. The van der Waals surface area contributed by atoms with Gasteiger partial charge >= 0.3 is 0 Å². The van der Waals surface area contributed by atoms with Crippen molar-refractivity contribution < 1.29 is 4.74 Å². The maximum atomic E-state index is 6.09. The van der Waals surface area contributed by atoms with Gasteiger partial charge in [-0.3, -0.25) is 0 Å². The van der Waals surface area contributed by atoms with Crippen LogP contribution in [0.25, 0.3) is 11.1 Å². The molecule has 4 rings (SSSR count). The van der Waals surface area contributed by atoms with Crippen LogP contribution >= 0.6 is 15.9 Å². The fourth-order valence-electron chi connectivity index (χ4n) is 3.35. The molecule has 3 heteroatoms. The fourth-order valence-corrected chi connectivity index (χ4v) is 3.75. The molecule has 1 aliphatic heterocycles. The van der Waals surface area contributed by atoms with Crippen LogP contribution in [0.15, 0.2) is 71.2 Å². The van der Waals surface area contributed by atoms with Gasteiger partial charge in [-0.05, 0) is 65.1 Å². The van der Waals surface area contributed by atoms with Crippen LogP contribution in [0.1, 0.15) is 29.2 Å². The molecule has 0 aromatic heterocycles. The second-order valence-electron chi connectivity index (χ2n) is 6.21. The summed E-state index contributed by atoms with van der Waals surface area (Å²) in [5.74, 6) is 0.910. The molecule has 25 heavy (non-hydrogen) atoms. The summed E-state index contributed by atoms with van der Waals surface area (Å²) in [6.45, 7) is 2.71. The van der Waals surface area contributed by atoms with Gasteiger partial charge in [-0.2, -0.15) is 0 Å². The van der Waals surface area contributed by atoms with E-state index in [2.05, 4.69) is 59.3 Å². The topological polar surface area (TPSA) is 35.2 Å². The Hall–Kier alpha value is -2.52. The molecule has 0 bridgehead atoms. The average molecular weight is 392 g/mol. The molecule has 0 unspecified atom stereocenters. The van der Waals surface area contributed by atoms with E-state index in [9.17, 15) is 0 Å². The highest BCUT2D eigenvalue weighted by atomic mass is 79.9. The van der Waals surface area contributed by atoms with Crippen molar-refractivity contribution in [1.82, 2.24) is 0 Å². The highest BCUT2D eigenvalue weighted by molar-refractivity contribution is 9.10. The summed E-state index contributed by atoms with van der Waals surface area (Å²) in [5, 5.41) is 0. The lowest BCUT2D eigenvalue weighted by Gasteiger charge is -2.15. The number of halogens is 1. The van der Waals surface area contributed by atoms with Gasteiger partial charge in [0.05, 0.1) is 0 Å². The van der Waals surface area contributed by atoms with E-state index in [1.807, 2.05) is 30.3 Å². The Kier molecular flexibility index (Phi) is 4.10. The van der Waals surface area contributed by atoms with Gasteiger partial charge < -0.3 is 10.5 Å². The van der Waals surface area contributed by atoms with E-state index in [1.165, 1.54) is 22.3 Å². The minimum absolute atomic E-state index is 0.555. The number of benzene rings is 3. The number of hydrogen-bond acceptors (Lipinski definition) is 2. The summed E-state index contributed by atoms with van der Waals surface area (Å²) in [5.41, 5.74) is 13.8. The largest absolute Gasteiger partial charge is 0.488 e. The van der Waals surface area contributed by atoms with Crippen molar-refractivity contribution in [2.24, 2.45) is 0 Å². The van der Waals surface area contributed by atoms with Gasteiger partial charge in [0.2, 0.25) is 0 Å². The molecule has 2 N–H and O–H groups in total. The molecule has 0 fully saturated rings. The maximum absolute atomic E-state index is 6.09. The minimum Gasteiger partial charge on any atom is -0.488 e. The van der Waals surface area contributed by atoms with E-state index in [-0.39, 0.29) is 0 Å². The first-order valence-corrected chi connectivity index (χ1v) is 9.00. The van der Waals surface area contributed by atoms with Crippen molar-refractivity contribution in [3.05, 3.63) is 93.5 Å². The van der Waals surface area contributed by atoms with Crippen molar-refractivity contribution in [2.75, 3.05) is 5.73 Å². The van der Waals surface area contributed by atoms with Crippen LogP contribution in [0, 0.1) is 0 Å². The zero-order chi connectivity index (χ0) is 17.4. The summed E-state index contributed by atoms with van der Waals surface area (Å²) >= 11 is 3.57. The summed E-state index contributed by atoms with van der Waals surface area (Å²) in [6, 6.07) is 22.6. The molecule has 0 saturated carbocycles. The van der Waals surface area contributed by atoms with Gasteiger partial charge in [0, 0.05) is 15.7 Å². The van der Waals surface area contributed by atoms with Crippen molar-refractivity contribution in [2.45, 2.75) is 13.5 Å². The number of nitrogen functional groups attached to an aromatic ring is 1. The number of fused-ring (bicyclic) bond motifs is 2. The monoisotopic (exact) mass is 391 g/mol. The van der Waals surface area contributed by atoms with Crippen molar-refractivity contribution in [1.29, 1.82) is 0 Å². The lowest BCUT2D eigenvalue weighted by molar-refractivity contribution is 0.307. The van der Waals surface area contributed by atoms with Gasteiger partial charge in [0.25, 0.3) is 0 Å². The predicted octanol–water partition coefficient (Wildman–Crippen LogP) is 5.90. The quantitative estimate of drug-likeness (QED) is 0.523. The Bertz CT molecular complexity index is 991. The Morgan fingerprint density at radius 2 is 1.80 bits per heavy atom. The molecule has 1 heterocycles. The second kappa shape index (κ2) is 6.41. The zero-order valence-electron chi connectivity index (χ0n) is 13.9. The Labute approximate surface area is 156 Å². The van der Waals surface area contributed by atoms with E-state index in [0.717, 1.165) is 27.0 Å². The van der Waals surface area contributed by atoms with Crippen LogP contribution in [0.2, 0.25) is 0 Å². The van der Waals surface area contributed by atoms with Crippen molar-refractivity contribution in [3.63, 3.8) is 0 Å². The third kappa shape index (κ3) is 2.96. The Morgan fingerprint density at radius 1 is 0.960 bits per heavy atom. The second-order valence-corrected chi connectivity index (χ2v) is 7.13. The molecule has 0 aliphatic carbocycles. The smallest absolute Gasteiger partial charge is 0.127 e. The average Bonchev–Trinajstić information content (AvgIpc) is 2.78. The van der Waals surface area contributed by atoms with Gasteiger partial charge in [0.1, 0.15) is 12.4 Å². The Balaban J connectivity index is 2.04. The third-order valence-corrected chi connectivity index (χ3v) is 5.06. The SMILES string of the molecule is C/C(=C1\c2ccc(Br)cc2COc2ccccc21)c1cccc(N)c1. The first-order valence-electron chi connectivity index (χ1n) is 8.21. The molecule has 0 amide bonds. The molecular formula is C22H18BrNO. The summed E-state index contributed by atoms with van der Waals surface area (Å²) in [6.07, 6.45) is 0. The number of anilines is 1. The summed E-state index contributed by atoms with van der Waals surface area (Å²) < 4.78 is 7.15. The molecule has 3 aromatic rings. The van der Waals surface area contributed by atoms with Crippen LogP contribution in [-0.2, 0) is 6.61 Å². The normalized spacial score (nSPS) is 14.8. The van der Waals surface area contributed by atoms with E-state index >= 15 is 0 Å². The lowest BCUT2D eigenvalue weighted by atomic mass is 9.88. The molecule has 124 valence electrons. The molecule has 0 spiro atoms. The van der Waals surface area contributed by atoms with E-state index < -0.39 is 0 Å². The number of hydrogen-bond donors (Lipinski definition) is 1. The lowest BCUT2D eigenvalue weighted by Crippen LogP contribution is -1.96. The van der Waals surface area contributed by atoms with Crippen LogP contribution in [0.5, 0.6) is 5.75 Å². The summed E-state index contributed by atoms with van der Waals surface area (Å²) in [7, 11) is 0. The highest BCUT2D eigenvalue weighted by Crippen LogP contribution is 2.41. The van der Waals surface area contributed by atoms with Gasteiger partial charge in [-0.1, -0.05) is 52.3 Å². The number of allylic oxidation sites excluding steroid dienone is 1. The molecule has 0 radical (unpaired) electrons. The minimum atomic E-state index is 0.555. The highest BCUT2D eigenvalue weighted by Gasteiger charge is 2.21. The predicted molar refractivity (Wildman–Crippen MR) is 107 cm³/mol. The molecule has 0 saturated heterocycles. The third-order valence-electron chi connectivity index (χ3n) is 4.57. The van der Waals surface area contributed by atoms with Crippen molar-refractivity contribution >= 4 is 32.8 Å². The van der Waals surface area contributed by atoms with Gasteiger partial charge in [0.15, 0.2) is 0 Å². The molecule has 3 aromatic carbocycles. The fraction of sp³-hybridized carbons (Fsp3) is 0.0909. The van der Waals surface area contributed by atoms with E-state index in [1.54, 1.807) is 0 Å². The van der Waals surface area contributed by atoms with Crippen molar-refractivity contribution in [3.8, 4) is 5.75 Å². The van der Waals surface area contributed by atoms with Crippen LogP contribution in [0.4, 0.5) is 5.69 Å². The number of para-hydroxylation sites is 1. The van der Waals surface area contributed by atoms with Crippen LogP contribution < -0.4 is 10.5 Å². The first-order chi connectivity index (χ1) is 12.1. The van der Waals surface area contributed by atoms with E-state index in [0.29, 0.717) is 6.61 Å². The standard InChI is InChI=1S/C22H18BrNO/c1-14(15-5-4-6-18(24)12-15)22-19-10-9-17(23)11-16(19)13-25-21-8-3-2-7-20(21)22/h2-12H,13,24H2,1H3/b22-14-. The molecular weight excluding hydrogens is 374 g/mol. The van der Waals surface area contributed by atoms with Crippen LogP contribution in [-0.4, -0.2) is 0 Å². The molecule has 0 atom stereocenters. The van der Waals surface area contributed by atoms with Gasteiger partial charge in [-0.25, -0.2) is 0 Å². The van der Waals surface area contributed by atoms with Crippen LogP contribution in [0.3, 0.4) is 0 Å². The van der Waals surface area contributed by atoms with Gasteiger partial charge in [-0.15, -0.1) is 0 Å². The molecule has 1 aliphatic rings. The zero-order valence-corrected chi connectivity index (χ0v) is 15.5.